The normalized spacial score (nSPS) is 13.3. The molecular formula is C13H17NO. The van der Waals surface area contributed by atoms with Crippen LogP contribution in [0.15, 0.2) is 22.6 Å². The van der Waals surface area contributed by atoms with Crippen LogP contribution in [0.25, 0.3) is 11.1 Å². The molecule has 80 valence electrons. The molecule has 0 saturated carbocycles. The van der Waals surface area contributed by atoms with Gasteiger partial charge in [-0.05, 0) is 30.0 Å². The number of aromatic nitrogens is 1. The van der Waals surface area contributed by atoms with Crippen LogP contribution in [-0.2, 0) is 0 Å². The molecule has 0 aliphatic carbocycles. The lowest BCUT2D eigenvalue weighted by molar-refractivity contribution is 0.560. The second-order valence-electron chi connectivity index (χ2n) is 4.15. The zero-order valence-electron chi connectivity index (χ0n) is 9.58. The Morgan fingerprint density at radius 1 is 1.40 bits per heavy atom. The van der Waals surface area contributed by atoms with Crippen LogP contribution < -0.4 is 0 Å². The quantitative estimate of drug-likeness (QED) is 0.752. The van der Waals surface area contributed by atoms with Gasteiger partial charge in [-0.25, -0.2) is 4.98 Å². The summed E-state index contributed by atoms with van der Waals surface area (Å²) in [5.41, 5.74) is 3.22. The molecule has 2 rings (SSSR count). The third kappa shape index (κ3) is 2.04. The van der Waals surface area contributed by atoms with E-state index in [1.807, 2.05) is 13.0 Å². The van der Waals surface area contributed by atoms with Crippen molar-refractivity contribution in [2.75, 3.05) is 0 Å². The first-order chi connectivity index (χ1) is 7.20. The van der Waals surface area contributed by atoms with E-state index < -0.39 is 0 Å². The molecule has 1 aromatic heterocycles. The van der Waals surface area contributed by atoms with Crippen LogP contribution in [0.3, 0.4) is 0 Å². The van der Waals surface area contributed by atoms with Crippen molar-refractivity contribution in [2.45, 2.75) is 39.5 Å². The summed E-state index contributed by atoms with van der Waals surface area (Å²) in [6, 6.07) is 6.33. The fourth-order valence-corrected chi connectivity index (χ4v) is 1.96. The summed E-state index contributed by atoms with van der Waals surface area (Å²) in [5, 5.41) is 0. The van der Waals surface area contributed by atoms with Crippen molar-refractivity contribution in [1.82, 2.24) is 4.98 Å². The highest BCUT2D eigenvalue weighted by Gasteiger charge is 2.07. The van der Waals surface area contributed by atoms with E-state index in [4.69, 9.17) is 4.42 Å². The summed E-state index contributed by atoms with van der Waals surface area (Å²) in [6.45, 7) is 6.36. The topological polar surface area (TPSA) is 26.0 Å². The summed E-state index contributed by atoms with van der Waals surface area (Å²) in [4.78, 5) is 4.29. The summed E-state index contributed by atoms with van der Waals surface area (Å²) >= 11 is 0. The fourth-order valence-electron chi connectivity index (χ4n) is 1.96. The third-order valence-electron chi connectivity index (χ3n) is 2.81. The van der Waals surface area contributed by atoms with E-state index >= 15 is 0 Å². The molecule has 0 radical (unpaired) electrons. The van der Waals surface area contributed by atoms with E-state index in [1.54, 1.807) is 0 Å². The third-order valence-corrected chi connectivity index (χ3v) is 2.81. The molecule has 1 aromatic carbocycles. The van der Waals surface area contributed by atoms with Gasteiger partial charge in [0, 0.05) is 6.92 Å². The van der Waals surface area contributed by atoms with Gasteiger partial charge in [0.25, 0.3) is 0 Å². The van der Waals surface area contributed by atoms with Crippen molar-refractivity contribution < 1.29 is 4.42 Å². The van der Waals surface area contributed by atoms with Crippen molar-refractivity contribution >= 4 is 11.1 Å². The molecule has 2 heteroatoms. The van der Waals surface area contributed by atoms with Crippen LogP contribution in [-0.4, -0.2) is 4.98 Å². The minimum Gasteiger partial charge on any atom is -0.441 e. The zero-order valence-corrected chi connectivity index (χ0v) is 9.58. The number of hydrogen-bond acceptors (Lipinski definition) is 2. The van der Waals surface area contributed by atoms with Gasteiger partial charge in [0.1, 0.15) is 5.52 Å². The highest BCUT2D eigenvalue weighted by Crippen LogP contribution is 2.24. The number of aryl methyl sites for hydroxylation is 1. The van der Waals surface area contributed by atoms with E-state index in [2.05, 4.69) is 31.0 Å². The lowest BCUT2D eigenvalue weighted by atomic mass is 9.96. The second kappa shape index (κ2) is 4.05. The number of fused-ring (bicyclic) bond motifs is 1. The fraction of sp³-hybridized carbons (Fsp3) is 0.462. The summed E-state index contributed by atoms with van der Waals surface area (Å²) < 4.78 is 5.53. The Hall–Kier alpha value is -1.31. The first-order valence-electron chi connectivity index (χ1n) is 5.57. The van der Waals surface area contributed by atoms with Crippen molar-refractivity contribution in [1.29, 1.82) is 0 Å². The van der Waals surface area contributed by atoms with Gasteiger partial charge < -0.3 is 4.42 Å². The Morgan fingerprint density at radius 3 is 2.93 bits per heavy atom. The highest BCUT2D eigenvalue weighted by atomic mass is 16.3. The number of nitrogens with zero attached hydrogens (tertiary/aromatic N) is 1. The maximum atomic E-state index is 5.53. The Morgan fingerprint density at radius 2 is 2.20 bits per heavy atom. The summed E-state index contributed by atoms with van der Waals surface area (Å²) in [7, 11) is 0. The molecule has 1 atom stereocenters. The lowest BCUT2D eigenvalue weighted by Crippen LogP contribution is -1.91. The van der Waals surface area contributed by atoms with Gasteiger partial charge in [-0.3, -0.25) is 0 Å². The van der Waals surface area contributed by atoms with Crippen LogP contribution in [0.2, 0.25) is 0 Å². The van der Waals surface area contributed by atoms with E-state index in [-0.39, 0.29) is 0 Å². The van der Waals surface area contributed by atoms with Crippen LogP contribution >= 0.6 is 0 Å². The van der Waals surface area contributed by atoms with Crippen LogP contribution in [0.4, 0.5) is 0 Å². The molecular weight excluding hydrogens is 186 g/mol. The Labute approximate surface area is 90.3 Å². The molecule has 15 heavy (non-hydrogen) atoms. The standard InChI is InChI=1S/C13H17NO/c1-4-5-9(2)11-6-7-12-13(8-11)15-10(3)14-12/h6-9H,4-5H2,1-3H3. The number of benzene rings is 1. The highest BCUT2D eigenvalue weighted by molar-refractivity contribution is 5.73. The van der Waals surface area contributed by atoms with Crippen LogP contribution in [0.1, 0.15) is 44.1 Å². The Balaban J connectivity index is 2.37. The average molecular weight is 203 g/mol. The molecule has 0 aliphatic heterocycles. The van der Waals surface area contributed by atoms with Crippen molar-refractivity contribution in [3.8, 4) is 0 Å². The molecule has 0 saturated heterocycles. The molecule has 2 nitrogen and oxygen atoms in total. The molecule has 0 amide bonds. The minimum atomic E-state index is 0.602. The number of oxazole rings is 1. The molecule has 0 bridgehead atoms. The minimum absolute atomic E-state index is 0.602. The van der Waals surface area contributed by atoms with E-state index in [1.165, 1.54) is 18.4 Å². The van der Waals surface area contributed by atoms with Crippen molar-refractivity contribution in [2.24, 2.45) is 0 Å². The van der Waals surface area contributed by atoms with E-state index in [9.17, 15) is 0 Å². The van der Waals surface area contributed by atoms with Crippen molar-refractivity contribution in [3.05, 3.63) is 29.7 Å². The van der Waals surface area contributed by atoms with Gasteiger partial charge in [0.15, 0.2) is 11.5 Å². The summed E-state index contributed by atoms with van der Waals surface area (Å²) in [5.74, 6) is 1.34. The predicted octanol–water partition coefficient (Wildman–Crippen LogP) is 4.04. The van der Waals surface area contributed by atoms with Crippen LogP contribution in [0, 0.1) is 6.92 Å². The van der Waals surface area contributed by atoms with Gasteiger partial charge in [0.05, 0.1) is 0 Å². The number of hydrogen-bond donors (Lipinski definition) is 0. The Bertz CT molecular complexity index is 459. The van der Waals surface area contributed by atoms with E-state index in [0.717, 1.165) is 17.0 Å². The van der Waals surface area contributed by atoms with Gasteiger partial charge >= 0.3 is 0 Å². The first kappa shape index (κ1) is 10.2. The molecule has 0 fully saturated rings. The molecule has 0 spiro atoms. The van der Waals surface area contributed by atoms with Crippen LogP contribution in [0.5, 0.6) is 0 Å². The molecule has 0 N–H and O–H groups in total. The number of rotatable bonds is 3. The molecule has 0 aliphatic rings. The van der Waals surface area contributed by atoms with Gasteiger partial charge in [-0.2, -0.15) is 0 Å². The predicted molar refractivity (Wildman–Crippen MR) is 62.1 cm³/mol. The maximum absolute atomic E-state index is 5.53. The average Bonchev–Trinajstić information content (AvgIpc) is 2.57. The van der Waals surface area contributed by atoms with Gasteiger partial charge in [-0.1, -0.05) is 26.3 Å². The maximum Gasteiger partial charge on any atom is 0.192 e. The monoisotopic (exact) mass is 203 g/mol. The second-order valence-corrected chi connectivity index (χ2v) is 4.15. The lowest BCUT2D eigenvalue weighted by Gasteiger charge is -2.09. The van der Waals surface area contributed by atoms with Gasteiger partial charge in [0.2, 0.25) is 0 Å². The molecule has 1 heterocycles. The Kier molecular flexibility index (Phi) is 2.76. The van der Waals surface area contributed by atoms with Gasteiger partial charge in [-0.15, -0.1) is 0 Å². The SMILES string of the molecule is CCCC(C)c1ccc2nc(C)oc2c1. The zero-order chi connectivity index (χ0) is 10.8. The van der Waals surface area contributed by atoms with Crippen molar-refractivity contribution in [3.63, 3.8) is 0 Å². The molecule has 2 aromatic rings. The van der Waals surface area contributed by atoms with E-state index in [0.29, 0.717) is 5.92 Å². The first-order valence-corrected chi connectivity index (χ1v) is 5.57. The molecule has 1 unspecified atom stereocenters. The largest absolute Gasteiger partial charge is 0.441 e. The summed E-state index contributed by atoms with van der Waals surface area (Å²) in [6.07, 6.45) is 2.44. The smallest absolute Gasteiger partial charge is 0.192 e.